The second-order valence-corrected chi connectivity index (χ2v) is 2.96. The van der Waals surface area contributed by atoms with Crippen molar-refractivity contribution >= 4 is 0 Å². The fourth-order valence-electron chi connectivity index (χ4n) is 1.08. The lowest BCUT2D eigenvalue weighted by molar-refractivity contribution is 0.241. The molecule has 0 aromatic rings. The van der Waals surface area contributed by atoms with Gasteiger partial charge in [0, 0.05) is 0 Å². The first-order chi connectivity index (χ1) is 5.91. The molecule has 0 aliphatic carbocycles. The molecule has 70 valence electrons. The highest BCUT2D eigenvalue weighted by atomic mass is 16.5. The van der Waals surface area contributed by atoms with Crippen molar-refractivity contribution in [3.63, 3.8) is 0 Å². The lowest BCUT2D eigenvalue weighted by Crippen LogP contribution is -1.87. The average Bonchev–Trinajstić information content (AvgIpc) is 2.10. The molecule has 0 aliphatic heterocycles. The van der Waals surface area contributed by atoms with Crippen molar-refractivity contribution in [2.75, 3.05) is 6.61 Å². The molecule has 0 bridgehead atoms. The number of hydrogen-bond acceptors (Lipinski definition) is 1. The monoisotopic (exact) mass is 168 g/mol. The minimum Gasteiger partial charge on any atom is -0.493 e. The molecule has 1 nitrogen and oxygen atoms in total. The summed E-state index contributed by atoms with van der Waals surface area (Å²) in [6.07, 6.45) is 9.37. The lowest BCUT2D eigenvalue weighted by atomic mass is 10.1. The molecule has 0 unspecified atom stereocenters. The largest absolute Gasteiger partial charge is 0.493 e. The van der Waals surface area contributed by atoms with Gasteiger partial charge in [-0.2, -0.15) is 0 Å². The molecule has 0 heterocycles. The maximum Gasteiger partial charge on any atom is 0.124 e. The van der Waals surface area contributed by atoms with Crippen molar-refractivity contribution < 1.29 is 4.74 Å². The summed E-state index contributed by atoms with van der Waals surface area (Å²) < 4.78 is 5.09. The summed E-state index contributed by atoms with van der Waals surface area (Å²) in [5.41, 5.74) is 2.58. The summed E-state index contributed by atoms with van der Waals surface area (Å²) >= 11 is 0. The van der Waals surface area contributed by atoms with E-state index in [1.165, 1.54) is 38.4 Å². The summed E-state index contributed by atoms with van der Waals surface area (Å²) in [4.78, 5) is 0. The van der Waals surface area contributed by atoms with Gasteiger partial charge >= 0.3 is 0 Å². The Labute approximate surface area is 76.1 Å². The van der Waals surface area contributed by atoms with Crippen LogP contribution in [0.2, 0.25) is 0 Å². The van der Waals surface area contributed by atoms with Crippen LogP contribution in [0.5, 0.6) is 0 Å². The van der Waals surface area contributed by atoms with E-state index in [0.29, 0.717) is 0 Å². The number of ether oxygens (including phenoxy) is 1. The minimum absolute atomic E-state index is 0.814. The normalized spacial score (nSPS) is 9.08. The Kier molecular flexibility index (Phi) is 9.74. The topological polar surface area (TPSA) is 9.23 Å². The summed E-state index contributed by atoms with van der Waals surface area (Å²) in [7, 11) is 0. The van der Waals surface area contributed by atoms with E-state index >= 15 is 0 Å². The predicted octanol–water partition coefficient (Wildman–Crippen LogP) is 3.66. The highest BCUT2D eigenvalue weighted by molar-refractivity contribution is 4.63. The molecule has 0 aromatic carbocycles. The van der Waals surface area contributed by atoms with Crippen LogP contribution in [-0.4, -0.2) is 6.61 Å². The van der Waals surface area contributed by atoms with Crippen molar-refractivity contribution in [1.29, 1.82) is 0 Å². The van der Waals surface area contributed by atoms with Crippen LogP contribution < -0.4 is 0 Å². The highest BCUT2D eigenvalue weighted by Crippen LogP contribution is 2.04. The average molecular weight is 168 g/mol. The van der Waals surface area contributed by atoms with Gasteiger partial charge in [-0.05, 0) is 6.42 Å². The number of rotatable bonds is 8. The Balaban J connectivity index is 2.86. The first-order valence-corrected chi connectivity index (χ1v) is 4.87. The number of unbranched alkanes of at least 4 members (excludes halogenated alkanes) is 5. The first-order valence-electron chi connectivity index (χ1n) is 4.87. The van der Waals surface area contributed by atoms with Crippen LogP contribution in [0.4, 0.5) is 0 Å². The van der Waals surface area contributed by atoms with E-state index in [-0.39, 0.29) is 0 Å². The molecule has 0 saturated heterocycles. The lowest BCUT2D eigenvalue weighted by Gasteiger charge is -1.99. The standard InChI is InChI=1S/C11H20O/c1-3-5-6-7-8-9-11-12-10-4-2/h10H,2-3,5-9,11H2,1H3. The van der Waals surface area contributed by atoms with Gasteiger partial charge in [0.2, 0.25) is 0 Å². The van der Waals surface area contributed by atoms with Gasteiger partial charge in [0.05, 0.1) is 6.61 Å². The Morgan fingerprint density at radius 2 is 1.83 bits per heavy atom. The first kappa shape index (κ1) is 11.3. The molecule has 0 aliphatic rings. The Morgan fingerprint density at radius 1 is 1.17 bits per heavy atom. The molecule has 0 saturated carbocycles. The third-order valence-corrected chi connectivity index (χ3v) is 1.78. The minimum atomic E-state index is 0.814. The molecule has 0 fully saturated rings. The quantitative estimate of drug-likeness (QED) is 0.305. The van der Waals surface area contributed by atoms with Gasteiger partial charge in [-0.15, -0.1) is 0 Å². The van der Waals surface area contributed by atoms with Gasteiger partial charge in [0.1, 0.15) is 6.26 Å². The smallest absolute Gasteiger partial charge is 0.124 e. The molecule has 0 atom stereocenters. The van der Waals surface area contributed by atoms with Gasteiger partial charge in [0.25, 0.3) is 0 Å². The fourth-order valence-corrected chi connectivity index (χ4v) is 1.08. The van der Waals surface area contributed by atoms with Crippen molar-refractivity contribution in [3.05, 3.63) is 18.6 Å². The molecule has 0 spiro atoms. The summed E-state index contributed by atoms with van der Waals surface area (Å²) in [5.74, 6) is 0. The summed E-state index contributed by atoms with van der Waals surface area (Å²) in [5, 5.41) is 0. The molecule has 1 heteroatoms. The second kappa shape index (κ2) is 10.3. The predicted molar refractivity (Wildman–Crippen MR) is 53.0 cm³/mol. The van der Waals surface area contributed by atoms with E-state index in [0.717, 1.165) is 13.0 Å². The molecular formula is C11H20O. The maximum atomic E-state index is 5.09. The van der Waals surface area contributed by atoms with E-state index in [9.17, 15) is 0 Å². The van der Waals surface area contributed by atoms with E-state index in [1.807, 2.05) is 0 Å². The zero-order valence-electron chi connectivity index (χ0n) is 8.14. The van der Waals surface area contributed by atoms with Gasteiger partial charge in [0.15, 0.2) is 0 Å². The van der Waals surface area contributed by atoms with Crippen molar-refractivity contribution in [3.8, 4) is 0 Å². The van der Waals surface area contributed by atoms with Crippen LogP contribution in [-0.2, 0) is 4.74 Å². The fraction of sp³-hybridized carbons (Fsp3) is 0.727. The Hall–Kier alpha value is -0.680. The zero-order valence-corrected chi connectivity index (χ0v) is 8.14. The van der Waals surface area contributed by atoms with E-state index in [1.54, 1.807) is 0 Å². The molecular weight excluding hydrogens is 148 g/mol. The van der Waals surface area contributed by atoms with Gasteiger partial charge < -0.3 is 4.74 Å². The summed E-state index contributed by atoms with van der Waals surface area (Å²) in [6, 6.07) is 0. The third-order valence-electron chi connectivity index (χ3n) is 1.78. The SMILES string of the molecule is C=C=COCCCCCCCC. The van der Waals surface area contributed by atoms with Crippen LogP contribution in [0.3, 0.4) is 0 Å². The Bertz CT molecular complexity index is 123. The van der Waals surface area contributed by atoms with Gasteiger partial charge in [-0.1, -0.05) is 51.3 Å². The highest BCUT2D eigenvalue weighted by Gasteiger charge is 1.88. The summed E-state index contributed by atoms with van der Waals surface area (Å²) in [6.45, 7) is 6.46. The van der Waals surface area contributed by atoms with Crippen LogP contribution >= 0.6 is 0 Å². The van der Waals surface area contributed by atoms with Crippen LogP contribution in [0.15, 0.2) is 18.6 Å². The number of hydrogen-bond donors (Lipinski definition) is 0. The third kappa shape index (κ3) is 9.32. The van der Waals surface area contributed by atoms with Crippen molar-refractivity contribution in [1.82, 2.24) is 0 Å². The van der Waals surface area contributed by atoms with Crippen LogP contribution in [0.25, 0.3) is 0 Å². The van der Waals surface area contributed by atoms with Crippen LogP contribution in [0, 0.1) is 0 Å². The van der Waals surface area contributed by atoms with Crippen molar-refractivity contribution in [2.45, 2.75) is 45.4 Å². The molecule has 0 amide bonds. The van der Waals surface area contributed by atoms with Gasteiger partial charge in [-0.3, -0.25) is 0 Å². The zero-order chi connectivity index (χ0) is 9.07. The van der Waals surface area contributed by atoms with E-state index in [2.05, 4.69) is 19.2 Å². The Morgan fingerprint density at radius 3 is 2.50 bits per heavy atom. The molecule has 0 aromatic heterocycles. The van der Waals surface area contributed by atoms with Gasteiger partial charge in [-0.25, -0.2) is 0 Å². The second-order valence-electron chi connectivity index (χ2n) is 2.96. The van der Waals surface area contributed by atoms with Crippen LogP contribution in [0.1, 0.15) is 45.4 Å². The molecule has 12 heavy (non-hydrogen) atoms. The molecule has 0 radical (unpaired) electrons. The van der Waals surface area contributed by atoms with E-state index in [4.69, 9.17) is 4.74 Å². The molecule has 0 N–H and O–H groups in total. The van der Waals surface area contributed by atoms with E-state index < -0.39 is 0 Å². The molecule has 0 rings (SSSR count). The van der Waals surface area contributed by atoms with Crippen molar-refractivity contribution in [2.24, 2.45) is 0 Å². The maximum absolute atomic E-state index is 5.09.